The molecule has 0 bridgehead atoms. The van der Waals surface area contributed by atoms with Crippen molar-refractivity contribution in [2.75, 3.05) is 26.4 Å². The number of allylic oxidation sites excluding steroid dienone is 1. The molecule has 1 saturated carbocycles. The van der Waals surface area contributed by atoms with Crippen molar-refractivity contribution in [1.82, 2.24) is 0 Å². The zero-order chi connectivity index (χ0) is 38.1. The summed E-state index contributed by atoms with van der Waals surface area (Å²) in [6, 6.07) is 0. The summed E-state index contributed by atoms with van der Waals surface area (Å²) in [6.45, 7) is 4.10. The predicted molar refractivity (Wildman–Crippen MR) is 193 cm³/mol. The Kier molecular flexibility index (Phi) is 25.9. The molecule has 1 unspecified atom stereocenters. The number of phosphoric ester groups is 1. The zero-order valence-corrected chi connectivity index (χ0v) is 32.0. The molecule has 0 aliphatic heterocycles. The van der Waals surface area contributed by atoms with Gasteiger partial charge in [0.25, 0.3) is 0 Å². The number of phosphoric acid groups is 1. The molecule has 0 radical (unpaired) electrons. The normalized spacial score (nSPS) is 22.4. The number of carbonyl (C=O) groups excluding carboxylic acids is 2. The van der Waals surface area contributed by atoms with Crippen molar-refractivity contribution in [3.8, 4) is 0 Å². The second-order valence-corrected chi connectivity index (χ2v) is 15.5. The Morgan fingerprint density at radius 3 is 2.16 bits per heavy atom. The van der Waals surface area contributed by atoms with Crippen molar-refractivity contribution >= 4 is 19.8 Å². The molecule has 1 aliphatic rings. The van der Waals surface area contributed by atoms with Crippen LogP contribution in [0.3, 0.4) is 0 Å². The molecule has 0 aromatic heterocycles. The number of aliphatic hydroxyl groups excluding tert-OH is 5. The minimum atomic E-state index is -4.70. The minimum absolute atomic E-state index is 0.175. The quantitative estimate of drug-likeness (QED) is 0.0239. The van der Waals surface area contributed by atoms with Gasteiger partial charge in [0.05, 0.1) is 44.6 Å². The summed E-state index contributed by atoms with van der Waals surface area (Å²) in [7, 11) is -4.70. The Bertz CT molecular complexity index is 1040. The first-order chi connectivity index (χ1) is 24.3. The second kappa shape index (κ2) is 27.9. The van der Waals surface area contributed by atoms with Gasteiger partial charge >= 0.3 is 19.8 Å². The molecule has 0 heterocycles. The number of unbranched alkanes of at least 4 members (excludes halogenated alkanes) is 8. The average molecular weight is 751 g/mol. The van der Waals surface area contributed by atoms with Crippen molar-refractivity contribution < 1.29 is 63.1 Å². The zero-order valence-electron chi connectivity index (χ0n) is 31.1. The third-order valence-corrected chi connectivity index (χ3v) is 9.84. The lowest BCUT2D eigenvalue weighted by Crippen LogP contribution is -2.29. The Morgan fingerprint density at radius 2 is 1.49 bits per heavy atom. The fourth-order valence-electron chi connectivity index (χ4n) is 5.86. The first-order valence-corrected chi connectivity index (χ1v) is 20.4. The van der Waals surface area contributed by atoms with E-state index in [1.54, 1.807) is 24.3 Å². The molecule has 0 spiro atoms. The van der Waals surface area contributed by atoms with Gasteiger partial charge in [-0.25, -0.2) is 4.57 Å². The van der Waals surface area contributed by atoms with Gasteiger partial charge in [-0.05, 0) is 31.1 Å². The molecular weight excluding hydrogens is 683 g/mol. The smallest absolute Gasteiger partial charge is 0.462 e. The maximum atomic E-state index is 12.7. The van der Waals surface area contributed by atoms with E-state index in [0.29, 0.717) is 19.3 Å². The van der Waals surface area contributed by atoms with E-state index < -0.39 is 76.7 Å². The average Bonchev–Trinajstić information content (AvgIpc) is 3.35. The third-order valence-electron chi connectivity index (χ3n) is 8.89. The lowest BCUT2D eigenvalue weighted by molar-refractivity contribution is -0.160. The number of esters is 2. The van der Waals surface area contributed by atoms with Crippen LogP contribution in [0.15, 0.2) is 24.3 Å². The molecule has 8 atom stereocenters. The fourth-order valence-corrected chi connectivity index (χ4v) is 6.65. The Hall–Kier alpha value is -1.67. The highest BCUT2D eigenvalue weighted by atomic mass is 31.2. The van der Waals surface area contributed by atoms with Crippen molar-refractivity contribution in [2.45, 2.75) is 154 Å². The highest BCUT2D eigenvalue weighted by molar-refractivity contribution is 7.47. The van der Waals surface area contributed by atoms with E-state index in [4.69, 9.17) is 19.1 Å². The maximum absolute atomic E-state index is 12.7. The van der Waals surface area contributed by atoms with E-state index in [-0.39, 0.29) is 31.1 Å². The number of hydrogen-bond acceptors (Lipinski definition) is 12. The van der Waals surface area contributed by atoms with Crippen LogP contribution >= 0.6 is 7.82 Å². The van der Waals surface area contributed by atoms with Gasteiger partial charge in [-0.2, -0.15) is 0 Å². The van der Waals surface area contributed by atoms with E-state index in [9.17, 15) is 39.5 Å². The summed E-state index contributed by atoms with van der Waals surface area (Å²) in [6.07, 6.45) is 14.6. The molecule has 0 aromatic rings. The van der Waals surface area contributed by atoms with Crippen molar-refractivity contribution in [2.24, 2.45) is 17.8 Å². The van der Waals surface area contributed by atoms with E-state index in [2.05, 4.69) is 25.3 Å². The third kappa shape index (κ3) is 23.6. The molecule has 0 saturated heterocycles. The summed E-state index contributed by atoms with van der Waals surface area (Å²) in [5.74, 6) is -1.19. The SMILES string of the molecule is CCCCC[C@@H](O)/C=C/[C@@H]1[C@H](C/C=C\CC(=O)O[C@H](COC(=O)CCCCCCCCCC(C)C)COP(=O)(O)OC[C@@H](O)CO)[C@@H](O)C[C@H]1O. The Morgan fingerprint density at radius 1 is 0.843 bits per heavy atom. The fraction of sp³-hybridized carbons (Fsp3) is 0.838. The van der Waals surface area contributed by atoms with E-state index >= 15 is 0 Å². The Labute approximate surface area is 305 Å². The van der Waals surface area contributed by atoms with Crippen LogP contribution in [0.5, 0.6) is 0 Å². The van der Waals surface area contributed by atoms with Gasteiger partial charge in [0, 0.05) is 18.8 Å². The molecular formula is C37H67O13P. The van der Waals surface area contributed by atoms with Crippen molar-refractivity contribution in [3.05, 3.63) is 24.3 Å². The van der Waals surface area contributed by atoms with Gasteiger partial charge in [0.1, 0.15) is 12.7 Å². The van der Waals surface area contributed by atoms with Crippen LogP contribution in [0.25, 0.3) is 0 Å². The highest BCUT2D eigenvalue weighted by Gasteiger charge is 2.39. The van der Waals surface area contributed by atoms with Crippen molar-refractivity contribution in [3.63, 3.8) is 0 Å². The topological polar surface area (TPSA) is 210 Å². The lowest BCUT2D eigenvalue weighted by Gasteiger charge is -2.20. The monoisotopic (exact) mass is 750 g/mol. The summed E-state index contributed by atoms with van der Waals surface area (Å²) >= 11 is 0. The number of rotatable bonds is 30. The van der Waals surface area contributed by atoms with Gasteiger partial charge in [0.2, 0.25) is 0 Å². The molecule has 298 valence electrons. The number of aliphatic hydroxyl groups is 5. The molecule has 6 N–H and O–H groups in total. The molecule has 51 heavy (non-hydrogen) atoms. The van der Waals surface area contributed by atoms with E-state index in [1.807, 2.05) is 0 Å². The number of carbonyl (C=O) groups is 2. The largest absolute Gasteiger partial charge is 0.472 e. The predicted octanol–water partition coefficient (Wildman–Crippen LogP) is 5.29. The standard InChI is InChI=1S/C37H67O13P/c1-4-5-11-17-29(39)21-22-33-32(34(41)23-35(33)42)18-14-15-20-37(44)50-31(27-49-51(45,46)48-25-30(40)24-38)26-47-36(43)19-13-10-8-6-7-9-12-16-28(2)3/h14-15,21-22,28-35,38-42H,4-13,16-20,23-27H2,1-3H3,(H,45,46)/b15-14-,22-21+/t29-,30+,31-,32+,33-,34+,35-/m1/s1. The van der Waals surface area contributed by atoms with Gasteiger partial charge in [-0.3, -0.25) is 18.6 Å². The second-order valence-electron chi connectivity index (χ2n) is 14.1. The molecule has 0 aromatic carbocycles. The summed E-state index contributed by atoms with van der Waals surface area (Å²) in [4.78, 5) is 35.0. The molecule has 1 rings (SSSR count). The van der Waals surface area contributed by atoms with E-state index in [1.165, 1.54) is 25.7 Å². The summed E-state index contributed by atoms with van der Waals surface area (Å²) in [5.41, 5.74) is 0. The maximum Gasteiger partial charge on any atom is 0.472 e. The van der Waals surface area contributed by atoms with E-state index in [0.717, 1.165) is 44.4 Å². The first-order valence-electron chi connectivity index (χ1n) is 18.9. The van der Waals surface area contributed by atoms with Crippen LogP contribution in [0.4, 0.5) is 0 Å². The number of hydrogen-bond donors (Lipinski definition) is 6. The van der Waals surface area contributed by atoms with Crippen LogP contribution in [-0.2, 0) is 32.7 Å². The first kappa shape index (κ1) is 47.4. The molecule has 1 aliphatic carbocycles. The summed E-state index contributed by atoms with van der Waals surface area (Å²) in [5, 5.41) is 49.5. The molecule has 13 nitrogen and oxygen atoms in total. The van der Waals surface area contributed by atoms with Gasteiger partial charge in [-0.15, -0.1) is 0 Å². The molecule has 14 heteroatoms. The van der Waals surface area contributed by atoms with Gasteiger partial charge < -0.3 is 39.9 Å². The molecule has 1 fully saturated rings. The van der Waals surface area contributed by atoms with Crippen LogP contribution in [-0.4, -0.2) is 99.3 Å². The van der Waals surface area contributed by atoms with Gasteiger partial charge in [-0.1, -0.05) is 109 Å². The van der Waals surface area contributed by atoms with Crippen LogP contribution < -0.4 is 0 Å². The number of ether oxygens (including phenoxy) is 2. The van der Waals surface area contributed by atoms with Crippen LogP contribution in [0, 0.1) is 17.8 Å². The van der Waals surface area contributed by atoms with Crippen molar-refractivity contribution in [1.29, 1.82) is 0 Å². The summed E-state index contributed by atoms with van der Waals surface area (Å²) < 4.78 is 32.5. The Balaban J connectivity index is 2.64. The van der Waals surface area contributed by atoms with Crippen LogP contribution in [0.2, 0.25) is 0 Å². The van der Waals surface area contributed by atoms with Gasteiger partial charge in [0.15, 0.2) is 6.10 Å². The highest BCUT2D eigenvalue weighted by Crippen LogP contribution is 2.43. The van der Waals surface area contributed by atoms with Crippen LogP contribution in [0.1, 0.15) is 124 Å². The lowest BCUT2D eigenvalue weighted by atomic mass is 9.89. The minimum Gasteiger partial charge on any atom is -0.462 e. The molecule has 0 amide bonds.